The Labute approximate surface area is 101 Å². The SMILES string of the molecule is CC.COc1c(F)ccc2cc(O)cc(C)c12. The lowest BCUT2D eigenvalue weighted by Gasteiger charge is -2.09. The maximum absolute atomic E-state index is 13.4. The van der Waals surface area contributed by atoms with Gasteiger partial charge in [0.15, 0.2) is 11.6 Å². The van der Waals surface area contributed by atoms with Gasteiger partial charge in [-0.05, 0) is 36.1 Å². The molecule has 0 radical (unpaired) electrons. The average Bonchev–Trinajstić information content (AvgIpc) is 2.32. The van der Waals surface area contributed by atoms with Crippen LogP contribution in [0.2, 0.25) is 0 Å². The van der Waals surface area contributed by atoms with E-state index in [1.54, 1.807) is 18.2 Å². The minimum Gasteiger partial charge on any atom is -0.508 e. The predicted molar refractivity (Wildman–Crippen MR) is 68.2 cm³/mol. The molecule has 0 aliphatic rings. The first-order valence-corrected chi connectivity index (χ1v) is 5.59. The van der Waals surface area contributed by atoms with Gasteiger partial charge in [0.25, 0.3) is 0 Å². The van der Waals surface area contributed by atoms with Gasteiger partial charge < -0.3 is 9.84 Å². The van der Waals surface area contributed by atoms with Crippen LogP contribution >= 0.6 is 0 Å². The second-order valence-electron chi connectivity index (χ2n) is 3.44. The molecule has 0 aliphatic heterocycles. The van der Waals surface area contributed by atoms with Crippen LogP contribution in [0.1, 0.15) is 19.4 Å². The minimum atomic E-state index is -0.390. The summed E-state index contributed by atoms with van der Waals surface area (Å²) >= 11 is 0. The van der Waals surface area contributed by atoms with E-state index in [2.05, 4.69) is 0 Å². The molecule has 2 aromatic rings. The fourth-order valence-corrected chi connectivity index (χ4v) is 1.79. The lowest BCUT2D eigenvalue weighted by molar-refractivity contribution is 0.391. The van der Waals surface area contributed by atoms with Crippen molar-refractivity contribution in [3.8, 4) is 11.5 Å². The third-order valence-electron chi connectivity index (χ3n) is 2.41. The first-order chi connectivity index (χ1) is 8.13. The lowest BCUT2D eigenvalue weighted by atomic mass is 10.0. The van der Waals surface area contributed by atoms with Crippen LogP contribution in [0.4, 0.5) is 4.39 Å². The summed E-state index contributed by atoms with van der Waals surface area (Å²) in [6.45, 7) is 5.81. The monoisotopic (exact) mass is 236 g/mol. The second-order valence-corrected chi connectivity index (χ2v) is 3.44. The summed E-state index contributed by atoms with van der Waals surface area (Å²) in [5.41, 5.74) is 0.793. The summed E-state index contributed by atoms with van der Waals surface area (Å²) in [5, 5.41) is 10.9. The van der Waals surface area contributed by atoms with Crippen molar-refractivity contribution in [1.82, 2.24) is 0 Å². The smallest absolute Gasteiger partial charge is 0.165 e. The molecule has 0 bridgehead atoms. The number of fused-ring (bicyclic) bond motifs is 1. The molecule has 0 saturated heterocycles. The van der Waals surface area contributed by atoms with Gasteiger partial charge in [0, 0.05) is 5.39 Å². The Balaban J connectivity index is 0.000000686. The van der Waals surface area contributed by atoms with E-state index in [4.69, 9.17) is 4.74 Å². The number of methoxy groups -OCH3 is 1. The van der Waals surface area contributed by atoms with Crippen molar-refractivity contribution in [3.05, 3.63) is 35.6 Å². The van der Waals surface area contributed by atoms with Gasteiger partial charge in [-0.3, -0.25) is 0 Å². The molecule has 2 nitrogen and oxygen atoms in total. The van der Waals surface area contributed by atoms with Crippen molar-refractivity contribution in [1.29, 1.82) is 0 Å². The van der Waals surface area contributed by atoms with E-state index in [-0.39, 0.29) is 11.5 Å². The molecule has 17 heavy (non-hydrogen) atoms. The molecule has 2 rings (SSSR count). The molecule has 0 fully saturated rings. The van der Waals surface area contributed by atoms with E-state index < -0.39 is 5.82 Å². The number of phenolic OH excluding ortho intramolecular Hbond substituents is 1. The van der Waals surface area contributed by atoms with E-state index in [9.17, 15) is 9.50 Å². The van der Waals surface area contributed by atoms with Crippen LogP contribution in [-0.4, -0.2) is 12.2 Å². The highest BCUT2D eigenvalue weighted by Gasteiger charge is 2.10. The molecule has 0 aliphatic carbocycles. The molecule has 3 heteroatoms. The molecular formula is C14H17FO2. The Morgan fingerprint density at radius 2 is 1.82 bits per heavy atom. The summed E-state index contributed by atoms with van der Waals surface area (Å²) in [6, 6.07) is 6.13. The van der Waals surface area contributed by atoms with Crippen LogP contribution in [0, 0.1) is 12.7 Å². The van der Waals surface area contributed by atoms with Crippen molar-refractivity contribution in [3.63, 3.8) is 0 Å². The average molecular weight is 236 g/mol. The molecule has 1 N–H and O–H groups in total. The zero-order chi connectivity index (χ0) is 13.0. The van der Waals surface area contributed by atoms with Gasteiger partial charge in [-0.25, -0.2) is 4.39 Å². The summed E-state index contributed by atoms with van der Waals surface area (Å²) in [4.78, 5) is 0. The summed E-state index contributed by atoms with van der Waals surface area (Å²) in [7, 11) is 1.43. The van der Waals surface area contributed by atoms with Gasteiger partial charge in [-0.15, -0.1) is 0 Å². The van der Waals surface area contributed by atoms with Gasteiger partial charge >= 0.3 is 0 Å². The van der Waals surface area contributed by atoms with Crippen LogP contribution in [0.3, 0.4) is 0 Å². The van der Waals surface area contributed by atoms with Gasteiger partial charge in [0.05, 0.1) is 7.11 Å². The molecule has 0 heterocycles. The van der Waals surface area contributed by atoms with Crippen molar-refractivity contribution < 1.29 is 14.2 Å². The summed E-state index contributed by atoms with van der Waals surface area (Å²) in [5.74, 6) is 0.0115. The highest BCUT2D eigenvalue weighted by Crippen LogP contribution is 2.33. The number of ether oxygens (including phenoxy) is 1. The Morgan fingerprint density at radius 1 is 1.18 bits per heavy atom. The number of halogens is 1. The van der Waals surface area contributed by atoms with Crippen LogP contribution < -0.4 is 4.74 Å². The quantitative estimate of drug-likeness (QED) is 0.810. The van der Waals surface area contributed by atoms with Crippen LogP contribution in [0.15, 0.2) is 24.3 Å². The standard InChI is InChI=1S/C12H11FO2.C2H6/c1-7-5-9(14)6-8-3-4-10(13)12(15-2)11(7)8;1-2/h3-6,14H,1-2H3;1-2H3. The second kappa shape index (κ2) is 5.53. The van der Waals surface area contributed by atoms with Crippen LogP contribution in [0.5, 0.6) is 11.5 Å². The van der Waals surface area contributed by atoms with Crippen molar-refractivity contribution >= 4 is 10.8 Å². The largest absolute Gasteiger partial charge is 0.508 e. The Kier molecular flexibility index (Phi) is 4.32. The van der Waals surface area contributed by atoms with Gasteiger partial charge in [-0.1, -0.05) is 19.9 Å². The lowest BCUT2D eigenvalue weighted by Crippen LogP contribution is -1.91. The van der Waals surface area contributed by atoms with Crippen molar-refractivity contribution in [2.24, 2.45) is 0 Å². The normalized spacial score (nSPS) is 9.71. The number of rotatable bonds is 1. The highest BCUT2D eigenvalue weighted by molar-refractivity contribution is 5.92. The summed E-state index contributed by atoms with van der Waals surface area (Å²) < 4.78 is 18.4. The summed E-state index contributed by atoms with van der Waals surface area (Å²) in [6.07, 6.45) is 0. The molecule has 0 unspecified atom stereocenters. The Morgan fingerprint density at radius 3 is 2.41 bits per heavy atom. The van der Waals surface area contributed by atoms with Gasteiger partial charge in [0.2, 0.25) is 0 Å². The molecule has 0 spiro atoms. The zero-order valence-corrected chi connectivity index (χ0v) is 10.5. The number of hydrogen-bond donors (Lipinski definition) is 1. The zero-order valence-electron chi connectivity index (χ0n) is 10.5. The van der Waals surface area contributed by atoms with Crippen molar-refractivity contribution in [2.45, 2.75) is 20.8 Å². The van der Waals surface area contributed by atoms with Gasteiger partial charge in [0.1, 0.15) is 5.75 Å². The van der Waals surface area contributed by atoms with E-state index in [0.29, 0.717) is 5.39 Å². The Hall–Kier alpha value is -1.77. The van der Waals surface area contributed by atoms with E-state index in [1.807, 2.05) is 20.8 Å². The maximum atomic E-state index is 13.4. The van der Waals surface area contributed by atoms with E-state index in [0.717, 1.165) is 10.9 Å². The fourth-order valence-electron chi connectivity index (χ4n) is 1.79. The molecular weight excluding hydrogens is 219 g/mol. The van der Waals surface area contributed by atoms with E-state index >= 15 is 0 Å². The van der Waals surface area contributed by atoms with Crippen molar-refractivity contribution in [2.75, 3.05) is 7.11 Å². The third kappa shape index (κ3) is 2.49. The first-order valence-electron chi connectivity index (χ1n) is 5.59. The highest BCUT2D eigenvalue weighted by atomic mass is 19.1. The molecule has 0 atom stereocenters. The molecule has 92 valence electrons. The first kappa shape index (κ1) is 13.3. The predicted octanol–water partition coefficient (Wildman–Crippen LogP) is 4.03. The topological polar surface area (TPSA) is 29.5 Å². The number of hydrogen-bond acceptors (Lipinski definition) is 2. The minimum absolute atomic E-state index is 0.175. The number of benzene rings is 2. The fraction of sp³-hybridized carbons (Fsp3) is 0.286. The van der Waals surface area contributed by atoms with Crippen LogP contribution in [0.25, 0.3) is 10.8 Å². The maximum Gasteiger partial charge on any atom is 0.165 e. The Bertz CT molecular complexity index is 521. The number of phenols is 1. The van der Waals surface area contributed by atoms with E-state index in [1.165, 1.54) is 13.2 Å². The molecule has 0 amide bonds. The molecule has 2 aromatic carbocycles. The van der Waals surface area contributed by atoms with Crippen LogP contribution in [-0.2, 0) is 0 Å². The molecule has 0 saturated carbocycles. The van der Waals surface area contributed by atoms with Gasteiger partial charge in [-0.2, -0.15) is 0 Å². The molecule has 0 aromatic heterocycles. The number of aromatic hydroxyl groups is 1. The number of aryl methyl sites for hydroxylation is 1. The third-order valence-corrected chi connectivity index (χ3v) is 2.41.